The summed E-state index contributed by atoms with van der Waals surface area (Å²) in [5.74, 6) is -0.927. The van der Waals surface area contributed by atoms with Crippen LogP contribution in [0.2, 0.25) is 5.02 Å². The van der Waals surface area contributed by atoms with Crippen LogP contribution in [0.4, 0.5) is 10.1 Å². The third-order valence-electron chi connectivity index (χ3n) is 8.80. The molecule has 2 aliphatic rings. The number of aromatic nitrogens is 2. The van der Waals surface area contributed by atoms with Crippen LogP contribution in [0.1, 0.15) is 57.8 Å². The number of fused-ring (bicyclic) bond motifs is 3. The lowest BCUT2D eigenvalue weighted by Crippen LogP contribution is -2.36. The number of carboxylic acids is 1. The van der Waals surface area contributed by atoms with Crippen LogP contribution >= 0.6 is 11.6 Å². The monoisotopic (exact) mass is 644 g/mol. The highest BCUT2D eigenvalue weighted by Crippen LogP contribution is 2.57. The van der Waals surface area contributed by atoms with Crippen molar-refractivity contribution in [2.24, 2.45) is 5.92 Å². The summed E-state index contributed by atoms with van der Waals surface area (Å²) in [5.41, 5.74) is 6.27. The Balaban J connectivity index is 1.15. The van der Waals surface area contributed by atoms with Gasteiger partial charge in [0, 0.05) is 46.6 Å². The van der Waals surface area contributed by atoms with Crippen molar-refractivity contribution in [2.75, 3.05) is 24.6 Å². The Hall–Kier alpha value is -4.70. The number of amides is 2. The molecule has 0 radical (unpaired) electrons. The van der Waals surface area contributed by atoms with E-state index in [2.05, 4.69) is 23.4 Å². The van der Waals surface area contributed by atoms with Crippen LogP contribution in [0.15, 0.2) is 60.9 Å². The minimum absolute atomic E-state index is 0.0253. The predicted molar refractivity (Wildman–Crippen MR) is 172 cm³/mol. The number of hydrogen-bond acceptors (Lipinski definition) is 5. The first kappa shape index (κ1) is 31.3. The number of nitrogens with one attached hydrogen (secondary N) is 1. The van der Waals surface area contributed by atoms with E-state index in [-0.39, 0.29) is 28.6 Å². The molecule has 3 aromatic carbocycles. The van der Waals surface area contributed by atoms with Crippen molar-refractivity contribution < 1.29 is 28.6 Å². The van der Waals surface area contributed by atoms with Crippen LogP contribution in [0, 0.1) is 25.6 Å². The third-order valence-corrected chi connectivity index (χ3v) is 9.14. The molecule has 4 aromatic rings. The van der Waals surface area contributed by atoms with E-state index in [0.717, 1.165) is 46.2 Å². The molecule has 238 valence electrons. The van der Waals surface area contributed by atoms with E-state index in [1.54, 1.807) is 10.9 Å². The van der Waals surface area contributed by atoms with Gasteiger partial charge in [-0.15, -0.1) is 0 Å². The van der Waals surface area contributed by atoms with Crippen LogP contribution in [-0.2, 0) is 16.1 Å². The number of halogens is 2. The summed E-state index contributed by atoms with van der Waals surface area (Å²) in [6.07, 6.45) is 5.56. The fraction of sp³-hybridized carbons (Fsp3) is 0.314. The summed E-state index contributed by atoms with van der Waals surface area (Å²) in [6, 6.07) is 14.3. The average Bonchev–Trinajstić information content (AvgIpc) is 3.68. The largest absolute Gasteiger partial charge is 0.493 e. The maximum absolute atomic E-state index is 15.1. The smallest absolute Gasteiger partial charge is 0.322 e. The lowest BCUT2D eigenvalue weighted by atomic mass is 9.92. The lowest BCUT2D eigenvalue weighted by Gasteiger charge is -2.30. The molecule has 1 fully saturated rings. The van der Waals surface area contributed by atoms with Gasteiger partial charge < -0.3 is 20.1 Å². The first-order chi connectivity index (χ1) is 22.1. The standard InChI is InChI=1S/C35H34ClFN4O5/c1-20-6-3-9-31(21(20)2)46-11-5-10-32(42)41-18-23-12-26(23)34-25(7-4-8-30(34)41)24-15-39-40(17-24)19-27-28(36)13-22(14-29(27)37)35(45)38-16-33(43)44/h3-4,6-9,13-15,17,23,26H,5,10-12,16,18-19H2,1-2H3,(H,38,45)(H,43,44). The number of ether oxygens (including phenoxy) is 1. The first-order valence-electron chi connectivity index (χ1n) is 15.2. The molecule has 2 amide bonds. The Morgan fingerprint density at radius 3 is 2.74 bits per heavy atom. The number of carbonyl (C=O) groups is 3. The number of carboxylic acid groups (broad SMARTS) is 1. The van der Waals surface area contributed by atoms with Crippen molar-refractivity contribution in [3.8, 4) is 16.9 Å². The number of nitrogens with zero attached hydrogens (tertiary/aromatic N) is 3. The molecule has 0 saturated heterocycles. The summed E-state index contributed by atoms with van der Waals surface area (Å²) in [5, 5.41) is 15.5. The van der Waals surface area contributed by atoms with E-state index in [4.69, 9.17) is 21.4 Å². The maximum atomic E-state index is 15.1. The molecular weight excluding hydrogens is 611 g/mol. The van der Waals surface area contributed by atoms with Crippen molar-refractivity contribution in [1.82, 2.24) is 15.1 Å². The van der Waals surface area contributed by atoms with E-state index < -0.39 is 24.2 Å². The molecule has 1 saturated carbocycles. The van der Waals surface area contributed by atoms with Crippen LogP contribution in [-0.4, -0.2) is 52.4 Å². The zero-order chi connectivity index (χ0) is 32.5. The van der Waals surface area contributed by atoms with E-state index >= 15 is 4.39 Å². The van der Waals surface area contributed by atoms with E-state index in [1.807, 2.05) is 48.4 Å². The molecule has 2 heterocycles. The van der Waals surface area contributed by atoms with Crippen molar-refractivity contribution in [3.05, 3.63) is 99.6 Å². The predicted octanol–water partition coefficient (Wildman–Crippen LogP) is 6.13. The normalized spacial score (nSPS) is 16.4. The summed E-state index contributed by atoms with van der Waals surface area (Å²) in [7, 11) is 0. The average molecular weight is 645 g/mol. The molecule has 2 N–H and O–H groups in total. The molecule has 9 nitrogen and oxygen atoms in total. The van der Waals surface area contributed by atoms with Crippen molar-refractivity contribution in [2.45, 2.75) is 45.6 Å². The summed E-state index contributed by atoms with van der Waals surface area (Å²) in [6.45, 7) is 4.70. The summed E-state index contributed by atoms with van der Waals surface area (Å²) in [4.78, 5) is 38.3. The minimum atomic E-state index is -1.21. The van der Waals surface area contributed by atoms with Gasteiger partial charge in [-0.25, -0.2) is 4.39 Å². The van der Waals surface area contributed by atoms with Crippen molar-refractivity contribution >= 4 is 35.1 Å². The fourth-order valence-corrected chi connectivity index (χ4v) is 6.38. The van der Waals surface area contributed by atoms with Gasteiger partial charge in [0.05, 0.1) is 19.3 Å². The highest BCUT2D eigenvalue weighted by atomic mass is 35.5. The third kappa shape index (κ3) is 6.48. The fourth-order valence-electron chi connectivity index (χ4n) is 6.12. The van der Waals surface area contributed by atoms with E-state index in [0.29, 0.717) is 37.8 Å². The molecule has 2 unspecified atom stereocenters. The maximum Gasteiger partial charge on any atom is 0.322 e. The number of benzene rings is 3. The van der Waals surface area contributed by atoms with Gasteiger partial charge in [0.2, 0.25) is 5.91 Å². The number of hydrogen-bond donors (Lipinski definition) is 2. The number of anilines is 1. The number of rotatable bonds is 11. The quantitative estimate of drug-likeness (QED) is 0.190. The van der Waals surface area contributed by atoms with Gasteiger partial charge in [-0.05, 0) is 85.0 Å². The molecule has 0 spiro atoms. The van der Waals surface area contributed by atoms with Gasteiger partial charge in [0.15, 0.2) is 0 Å². The van der Waals surface area contributed by atoms with E-state index in [1.165, 1.54) is 11.6 Å². The Kier molecular flexibility index (Phi) is 8.82. The summed E-state index contributed by atoms with van der Waals surface area (Å²) >= 11 is 6.35. The van der Waals surface area contributed by atoms with Gasteiger partial charge in [0.25, 0.3) is 5.91 Å². The van der Waals surface area contributed by atoms with Crippen LogP contribution < -0.4 is 15.0 Å². The second-order valence-corrected chi connectivity index (χ2v) is 12.3. The van der Waals surface area contributed by atoms with Crippen LogP contribution in [0.5, 0.6) is 5.75 Å². The van der Waals surface area contributed by atoms with Gasteiger partial charge >= 0.3 is 5.97 Å². The Morgan fingerprint density at radius 2 is 1.96 bits per heavy atom. The topological polar surface area (TPSA) is 114 Å². The highest BCUT2D eigenvalue weighted by molar-refractivity contribution is 6.31. The zero-order valence-corrected chi connectivity index (χ0v) is 26.3. The second-order valence-electron chi connectivity index (χ2n) is 11.9. The zero-order valence-electron chi connectivity index (χ0n) is 25.6. The Labute approximate surface area is 270 Å². The number of aryl methyl sites for hydroxylation is 1. The second kappa shape index (κ2) is 13.0. The van der Waals surface area contributed by atoms with Gasteiger partial charge in [-0.3, -0.25) is 19.1 Å². The molecule has 0 bridgehead atoms. The van der Waals surface area contributed by atoms with Crippen molar-refractivity contribution in [1.29, 1.82) is 0 Å². The lowest BCUT2D eigenvalue weighted by molar-refractivity contribution is -0.135. The van der Waals surface area contributed by atoms with Gasteiger partial charge in [-0.1, -0.05) is 35.9 Å². The molecule has 46 heavy (non-hydrogen) atoms. The minimum Gasteiger partial charge on any atom is -0.493 e. The van der Waals surface area contributed by atoms with Crippen molar-refractivity contribution in [3.63, 3.8) is 0 Å². The Morgan fingerprint density at radius 1 is 1.15 bits per heavy atom. The van der Waals surface area contributed by atoms with Gasteiger partial charge in [-0.2, -0.15) is 5.10 Å². The number of aliphatic carboxylic acids is 1. The molecule has 1 aromatic heterocycles. The van der Waals surface area contributed by atoms with Crippen LogP contribution in [0.3, 0.4) is 0 Å². The van der Waals surface area contributed by atoms with Crippen LogP contribution in [0.25, 0.3) is 11.1 Å². The molecular formula is C35H34ClFN4O5. The molecule has 11 heteroatoms. The SMILES string of the molecule is Cc1cccc(OCCCC(=O)N2CC3CC3c3c(-c4cnn(Cc5c(F)cc(C(=O)NCC(=O)O)cc5Cl)c4)cccc32)c1C. The van der Waals surface area contributed by atoms with Gasteiger partial charge in [0.1, 0.15) is 18.1 Å². The van der Waals surface area contributed by atoms with E-state index in [9.17, 15) is 14.4 Å². The highest BCUT2D eigenvalue weighted by Gasteiger charge is 2.47. The molecule has 1 aliphatic carbocycles. The first-order valence-corrected chi connectivity index (χ1v) is 15.6. The Bertz CT molecular complexity index is 1820. The number of carbonyl (C=O) groups excluding carboxylic acids is 2. The molecule has 1 aliphatic heterocycles. The molecule has 2 atom stereocenters. The molecule has 6 rings (SSSR count). The summed E-state index contributed by atoms with van der Waals surface area (Å²) < 4.78 is 22.6.